The molecule has 0 atom stereocenters. The monoisotopic (exact) mass is 265 g/mol. The first-order chi connectivity index (χ1) is 8.67. The molecular weight excluding hydrogens is 254 g/mol. The van der Waals surface area contributed by atoms with E-state index in [-0.39, 0.29) is 17.3 Å². The Balaban J connectivity index is 2.20. The molecule has 94 valence electrons. The summed E-state index contributed by atoms with van der Waals surface area (Å²) in [6, 6.07) is 7.78. The highest BCUT2D eigenvalue weighted by Gasteiger charge is 2.07. The van der Waals surface area contributed by atoms with Crippen molar-refractivity contribution in [3.8, 4) is 17.8 Å². The van der Waals surface area contributed by atoms with Crippen LogP contribution in [0.1, 0.15) is 12.5 Å². The molecular formula is C12H12ClN3O2. The SMILES string of the molecule is CCOc1nc(Cl)nc(Oc2ccc(C)cc2)n1. The first-order valence-electron chi connectivity index (χ1n) is 5.46. The van der Waals surface area contributed by atoms with Crippen LogP contribution in [0.5, 0.6) is 17.8 Å². The summed E-state index contributed by atoms with van der Waals surface area (Å²) in [7, 11) is 0. The number of aromatic nitrogens is 3. The van der Waals surface area contributed by atoms with Crippen molar-refractivity contribution in [2.75, 3.05) is 6.61 Å². The highest BCUT2D eigenvalue weighted by Crippen LogP contribution is 2.20. The number of benzene rings is 1. The maximum atomic E-state index is 5.75. The maximum Gasteiger partial charge on any atom is 0.329 e. The Bertz CT molecular complexity index is 531. The Labute approximate surface area is 110 Å². The standard InChI is InChI=1S/C12H12ClN3O2/c1-3-17-11-14-10(13)15-12(16-11)18-9-6-4-8(2)5-7-9/h4-7H,3H2,1-2H3. The fraction of sp³-hybridized carbons (Fsp3) is 0.250. The van der Waals surface area contributed by atoms with Gasteiger partial charge in [-0.25, -0.2) is 0 Å². The van der Waals surface area contributed by atoms with Crippen LogP contribution >= 0.6 is 11.6 Å². The fourth-order valence-electron chi connectivity index (χ4n) is 1.27. The van der Waals surface area contributed by atoms with Crippen molar-refractivity contribution < 1.29 is 9.47 Å². The van der Waals surface area contributed by atoms with Crippen LogP contribution in [0.25, 0.3) is 0 Å². The molecule has 0 spiro atoms. The van der Waals surface area contributed by atoms with Crippen molar-refractivity contribution in [3.63, 3.8) is 0 Å². The number of aryl methyl sites for hydroxylation is 1. The van der Waals surface area contributed by atoms with Crippen molar-refractivity contribution in [2.24, 2.45) is 0 Å². The van der Waals surface area contributed by atoms with Crippen molar-refractivity contribution in [3.05, 3.63) is 35.1 Å². The largest absolute Gasteiger partial charge is 0.464 e. The minimum absolute atomic E-state index is 0.0376. The summed E-state index contributed by atoms with van der Waals surface area (Å²) in [5, 5.41) is 0.0376. The molecule has 0 fully saturated rings. The van der Waals surface area contributed by atoms with E-state index in [0.29, 0.717) is 12.4 Å². The number of halogens is 1. The molecule has 0 aliphatic heterocycles. The first kappa shape index (κ1) is 12.6. The number of hydrogen-bond donors (Lipinski definition) is 0. The molecule has 6 heteroatoms. The normalized spacial score (nSPS) is 10.2. The zero-order valence-electron chi connectivity index (χ0n) is 10.1. The van der Waals surface area contributed by atoms with Gasteiger partial charge >= 0.3 is 12.0 Å². The van der Waals surface area contributed by atoms with Gasteiger partial charge in [0.05, 0.1) is 6.61 Å². The van der Waals surface area contributed by atoms with Gasteiger partial charge in [0.25, 0.3) is 0 Å². The van der Waals surface area contributed by atoms with Gasteiger partial charge in [0, 0.05) is 0 Å². The molecule has 2 rings (SSSR count). The molecule has 0 N–H and O–H groups in total. The molecule has 5 nitrogen and oxygen atoms in total. The van der Waals surface area contributed by atoms with Gasteiger partial charge in [0.2, 0.25) is 5.28 Å². The molecule has 0 amide bonds. The second-order valence-electron chi connectivity index (χ2n) is 3.52. The maximum absolute atomic E-state index is 5.75. The number of rotatable bonds is 4. The average molecular weight is 266 g/mol. The van der Waals surface area contributed by atoms with Crippen molar-refractivity contribution in [2.45, 2.75) is 13.8 Å². The van der Waals surface area contributed by atoms with E-state index < -0.39 is 0 Å². The lowest BCUT2D eigenvalue weighted by molar-refractivity contribution is 0.303. The average Bonchev–Trinajstić information content (AvgIpc) is 2.32. The minimum atomic E-state index is 0.0376. The second-order valence-corrected chi connectivity index (χ2v) is 3.86. The predicted octanol–water partition coefficient (Wildman–Crippen LogP) is 3.02. The predicted molar refractivity (Wildman–Crippen MR) is 67.3 cm³/mol. The molecule has 1 aromatic heterocycles. The summed E-state index contributed by atoms with van der Waals surface area (Å²) in [5.74, 6) is 0.630. The Morgan fingerprint density at radius 3 is 2.39 bits per heavy atom. The molecule has 0 bridgehead atoms. The van der Waals surface area contributed by atoms with Crippen molar-refractivity contribution in [1.29, 1.82) is 0 Å². The summed E-state index contributed by atoms with van der Waals surface area (Å²) in [5.41, 5.74) is 1.14. The topological polar surface area (TPSA) is 57.1 Å². The van der Waals surface area contributed by atoms with Crippen LogP contribution in [0.4, 0.5) is 0 Å². The van der Waals surface area contributed by atoms with Crippen LogP contribution in [-0.2, 0) is 0 Å². The second kappa shape index (κ2) is 5.64. The first-order valence-corrected chi connectivity index (χ1v) is 5.84. The highest BCUT2D eigenvalue weighted by molar-refractivity contribution is 6.28. The molecule has 0 aliphatic carbocycles. The van der Waals surface area contributed by atoms with E-state index >= 15 is 0 Å². The lowest BCUT2D eigenvalue weighted by Crippen LogP contribution is -2.01. The summed E-state index contributed by atoms with van der Waals surface area (Å²) >= 11 is 5.75. The lowest BCUT2D eigenvalue weighted by atomic mass is 10.2. The van der Waals surface area contributed by atoms with Gasteiger partial charge < -0.3 is 9.47 Å². The van der Waals surface area contributed by atoms with Crippen LogP contribution < -0.4 is 9.47 Å². The molecule has 0 radical (unpaired) electrons. The van der Waals surface area contributed by atoms with E-state index in [9.17, 15) is 0 Å². The van der Waals surface area contributed by atoms with Gasteiger partial charge in [0.15, 0.2) is 0 Å². The smallest absolute Gasteiger partial charge is 0.329 e. The zero-order chi connectivity index (χ0) is 13.0. The van der Waals surface area contributed by atoms with Crippen LogP contribution in [0.15, 0.2) is 24.3 Å². The van der Waals surface area contributed by atoms with Gasteiger partial charge in [0.1, 0.15) is 5.75 Å². The number of hydrogen-bond acceptors (Lipinski definition) is 5. The van der Waals surface area contributed by atoms with Crippen LogP contribution in [0.3, 0.4) is 0 Å². The summed E-state index contributed by atoms with van der Waals surface area (Å²) in [6.45, 7) is 4.28. The zero-order valence-corrected chi connectivity index (χ0v) is 10.8. The van der Waals surface area contributed by atoms with E-state index in [1.54, 1.807) is 0 Å². The third-order valence-corrected chi connectivity index (χ3v) is 2.24. The van der Waals surface area contributed by atoms with Crippen LogP contribution in [0, 0.1) is 6.92 Å². The molecule has 0 aliphatic rings. The Morgan fingerprint density at radius 1 is 1.06 bits per heavy atom. The van der Waals surface area contributed by atoms with Gasteiger partial charge in [-0.1, -0.05) is 17.7 Å². The Hall–Kier alpha value is -1.88. The highest BCUT2D eigenvalue weighted by atomic mass is 35.5. The molecule has 0 saturated heterocycles. The lowest BCUT2D eigenvalue weighted by Gasteiger charge is -2.06. The summed E-state index contributed by atoms with van der Waals surface area (Å²) in [4.78, 5) is 11.7. The number of ether oxygens (including phenoxy) is 2. The molecule has 0 saturated carbocycles. The molecule has 0 unspecified atom stereocenters. The minimum Gasteiger partial charge on any atom is -0.464 e. The van der Waals surface area contributed by atoms with E-state index in [0.717, 1.165) is 5.56 Å². The summed E-state index contributed by atoms with van der Waals surface area (Å²) in [6.07, 6.45) is 0. The van der Waals surface area contributed by atoms with E-state index in [1.807, 2.05) is 38.1 Å². The van der Waals surface area contributed by atoms with Crippen molar-refractivity contribution >= 4 is 11.6 Å². The fourth-order valence-corrected chi connectivity index (χ4v) is 1.41. The molecule has 1 heterocycles. The van der Waals surface area contributed by atoms with E-state index in [4.69, 9.17) is 21.1 Å². The quantitative estimate of drug-likeness (QED) is 0.850. The molecule has 2 aromatic rings. The van der Waals surface area contributed by atoms with E-state index in [2.05, 4.69) is 15.0 Å². The molecule has 1 aromatic carbocycles. The van der Waals surface area contributed by atoms with Crippen molar-refractivity contribution in [1.82, 2.24) is 15.0 Å². The van der Waals surface area contributed by atoms with Gasteiger partial charge in [-0.05, 0) is 37.6 Å². The van der Waals surface area contributed by atoms with Crippen LogP contribution in [-0.4, -0.2) is 21.6 Å². The van der Waals surface area contributed by atoms with E-state index in [1.165, 1.54) is 0 Å². The van der Waals surface area contributed by atoms with Gasteiger partial charge in [-0.2, -0.15) is 9.97 Å². The van der Waals surface area contributed by atoms with Gasteiger partial charge in [-0.3, -0.25) is 0 Å². The van der Waals surface area contributed by atoms with Gasteiger partial charge in [-0.15, -0.1) is 4.98 Å². The third kappa shape index (κ3) is 3.30. The van der Waals surface area contributed by atoms with Crippen LogP contribution in [0.2, 0.25) is 5.28 Å². The summed E-state index contributed by atoms with van der Waals surface area (Å²) < 4.78 is 10.6. The number of nitrogens with zero attached hydrogens (tertiary/aromatic N) is 3. The molecule has 18 heavy (non-hydrogen) atoms. The Kier molecular flexibility index (Phi) is 3.94. The Morgan fingerprint density at radius 2 is 1.72 bits per heavy atom. The third-order valence-electron chi connectivity index (χ3n) is 2.07.